The first-order chi connectivity index (χ1) is 9.52. The van der Waals surface area contributed by atoms with E-state index in [-0.39, 0.29) is 11.4 Å². The van der Waals surface area contributed by atoms with Gasteiger partial charge in [-0.15, -0.1) is 0 Å². The van der Waals surface area contributed by atoms with Gasteiger partial charge >= 0.3 is 0 Å². The molecule has 4 heteroatoms. The third-order valence-electron chi connectivity index (χ3n) is 3.19. The molecule has 2 aromatic carbocycles. The van der Waals surface area contributed by atoms with Gasteiger partial charge < -0.3 is 9.84 Å². The van der Waals surface area contributed by atoms with Crippen LogP contribution in [0.3, 0.4) is 0 Å². The van der Waals surface area contributed by atoms with Gasteiger partial charge in [0.1, 0.15) is 11.6 Å². The van der Waals surface area contributed by atoms with E-state index < -0.39 is 11.9 Å². The van der Waals surface area contributed by atoms with Crippen LogP contribution in [0.5, 0.6) is 5.75 Å². The van der Waals surface area contributed by atoms with Gasteiger partial charge in [-0.1, -0.05) is 35.9 Å². The molecule has 0 saturated heterocycles. The zero-order valence-corrected chi connectivity index (χ0v) is 12.1. The first kappa shape index (κ1) is 14.8. The van der Waals surface area contributed by atoms with Crippen molar-refractivity contribution in [2.24, 2.45) is 0 Å². The largest absolute Gasteiger partial charge is 0.496 e. The maximum atomic E-state index is 13.4. The maximum absolute atomic E-state index is 13.4. The monoisotopic (exact) mass is 294 g/mol. The highest BCUT2D eigenvalue weighted by Crippen LogP contribution is 2.31. The molecule has 0 aliphatic rings. The van der Waals surface area contributed by atoms with Crippen LogP contribution < -0.4 is 4.74 Å². The highest BCUT2D eigenvalue weighted by Gasteiger charge is 2.16. The second-order valence-corrected chi connectivity index (χ2v) is 5.06. The predicted molar refractivity (Wildman–Crippen MR) is 77.8 cm³/mol. The summed E-state index contributed by atoms with van der Waals surface area (Å²) in [5, 5.41) is 10.4. The van der Waals surface area contributed by atoms with E-state index in [0.717, 1.165) is 5.56 Å². The molecule has 0 fully saturated rings. The molecule has 0 bridgehead atoms. The van der Waals surface area contributed by atoms with E-state index in [1.54, 1.807) is 19.2 Å². The fourth-order valence-electron chi connectivity index (χ4n) is 2.12. The molecule has 0 spiro atoms. The van der Waals surface area contributed by atoms with Crippen LogP contribution in [0.25, 0.3) is 0 Å². The van der Waals surface area contributed by atoms with Gasteiger partial charge in [0.25, 0.3) is 0 Å². The zero-order chi connectivity index (χ0) is 14.7. The number of aryl methyl sites for hydroxylation is 1. The Labute approximate surface area is 122 Å². The van der Waals surface area contributed by atoms with Gasteiger partial charge in [0.2, 0.25) is 0 Å². The number of ether oxygens (including phenoxy) is 1. The van der Waals surface area contributed by atoms with E-state index in [2.05, 4.69) is 0 Å². The van der Waals surface area contributed by atoms with Gasteiger partial charge in [-0.2, -0.15) is 0 Å². The molecule has 20 heavy (non-hydrogen) atoms. The summed E-state index contributed by atoms with van der Waals surface area (Å²) in [6.07, 6.45) is -0.569. The summed E-state index contributed by atoms with van der Waals surface area (Å²) in [7, 11) is 1.56. The van der Waals surface area contributed by atoms with Crippen LogP contribution in [0, 0.1) is 12.7 Å². The van der Waals surface area contributed by atoms with Crippen LogP contribution in [0.2, 0.25) is 5.02 Å². The number of hydrogen-bond donors (Lipinski definition) is 1. The van der Waals surface area contributed by atoms with Crippen LogP contribution in [0.1, 0.15) is 22.8 Å². The van der Waals surface area contributed by atoms with E-state index in [0.29, 0.717) is 16.9 Å². The molecule has 1 atom stereocenters. The summed E-state index contributed by atoms with van der Waals surface area (Å²) >= 11 is 5.91. The Bertz CT molecular complexity index is 613. The minimum atomic E-state index is -0.801. The lowest BCUT2D eigenvalue weighted by molar-refractivity contribution is 0.174. The Morgan fingerprint density at radius 2 is 2.05 bits per heavy atom. The lowest BCUT2D eigenvalue weighted by Crippen LogP contribution is -2.05. The molecule has 2 aromatic rings. The van der Waals surface area contributed by atoms with E-state index in [9.17, 15) is 9.50 Å². The predicted octanol–water partition coefficient (Wildman–Crippen LogP) is 4.07. The van der Waals surface area contributed by atoms with Crippen molar-refractivity contribution in [1.82, 2.24) is 0 Å². The highest BCUT2D eigenvalue weighted by atomic mass is 35.5. The van der Waals surface area contributed by atoms with Crippen molar-refractivity contribution < 1.29 is 14.2 Å². The Kier molecular flexibility index (Phi) is 4.63. The Morgan fingerprint density at radius 3 is 2.75 bits per heavy atom. The van der Waals surface area contributed by atoms with Crippen LogP contribution in [0.4, 0.5) is 4.39 Å². The molecule has 1 unspecified atom stereocenters. The van der Waals surface area contributed by atoms with Crippen molar-refractivity contribution in [2.45, 2.75) is 19.4 Å². The third kappa shape index (κ3) is 3.11. The molecule has 2 rings (SSSR count). The van der Waals surface area contributed by atoms with Crippen molar-refractivity contribution >= 4 is 11.6 Å². The average Bonchev–Trinajstić information content (AvgIpc) is 2.43. The van der Waals surface area contributed by atoms with Crippen LogP contribution >= 0.6 is 11.6 Å². The molecule has 106 valence electrons. The summed E-state index contributed by atoms with van der Waals surface area (Å²) in [5.41, 5.74) is 2.28. The number of hydrogen-bond acceptors (Lipinski definition) is 2. The quantitative estimate of drug-likeness (QED) is 0.921. The van der Waals surface area contributed by atoms with Crippen LogP contribution in [-0.2, 0) is 6.42 Å². The van der Waals surface area contributed by atoms with Crippen molar-refractivity contribution in [2.75, 3.05) is 7.11 Å². The SMILES string of the molecule is COc1cc(C)ccc1C(O)Cc1cccc(F)c1Cl. The molecule has 0 saturated carbocycles. The Hall–Kier alpha value is -1.58. The van der Waals surface area contributed by atoms with Gasteiger partial charge in [0.15, 0.2) is 0 Å². The zero-order valence-electron chi connectivity index (χ0n) is 11.4. The molecule has 0 radical (unpaired) electrons. The Morgan fingerprint density at radius 1 is 1.30 bits per heavy atom. The molecule has 2 nitrogen and oxygen atoms in total. The topological polar surface area (TPSA) is 29.5 Å². The molecule has 0 aliphatic carbocycles. The van der Waals surface area contributed by atoms with Crippen molar-refractivity contribution in [3.05, 3.63) is 63.9 Å². The second kappa shape index (κ2) is 6.25. The number of rotatable bonds is 4. The summed E-state index contributed by atoms with van der Waals surface area (Å²) in [6.45, 7) is 1.95. The first-order valence-corrected chi connectivity index (χ1v) is 6.66. The van der Waals surface area contributed by atoms with Gasteiger partial charge in [-0.05, 0) is 30.2 Å². The number of halogens is 2. The normalized spacial score (nSPS) is 12.2. The summed E-state index contributed by atoms with van der Waals surface area (Å²) < 4.78 is 18.7. The highest BCUT2D eigenvalue weighted by molar-refractivity contribution is 6.31. The minimum Gasteiger partial charge on any atom is -0.496 e. The number of methoxy groups -OCH3 is 1. The van der Waals surface area contributed by atoms with Gasteiger partial charge in [0.05, 0.1) is 18.2 Å². The molecular weight excluding hydrogens is 279 g/mol. The maximum Gasteiger partial charge on any atom is 0.142 e. The number of aliphatic hydroxyl groups excluding tert-OH is 1. The number of aliphatic hydroxyl groups is 1. The lowest BCUT2D eigenvalue weighted by atomic mass is 9.99. The van der Waals surface area contributed by atoms with Crippen molar-refractivity contribution in [3.8, 4) is 5.75 Å². The summed E-state index contributed by atoms with van der Waals surface area (Å²) in [6, 6.07) is 10.1. The fraction of sp³-hybridized carbons (Fsp3) is 0.250. The molecule has 0 amide bonds. The Balaban J connectivity index is 2.28. The first-order valence-electron chi connectivity index (χ1n) is 6.28. The molecule has 1 N–H and O–H groups in total. The number of benzene rings is 2. The van der Waals surface area contributed by atoms with Gasteiger partial charge in [-0.3, -0.25) is 0 Å². The van der Waals surface area contributed by atoms with E-state index in [1.165, 1.54) is 6.07 Å². The molecule has 0 aromatic heterocycles. The third-order valence-corrected chi connectivity index (χ3v) is 3.62. The summed E-state index contributed by atoms with van der Waals surface area (Å²) in [4.78, 5) is 0. The summed E-state index contributed by atoms with van der Waals surface area (Å²) in [5.74, 6) is 0.136. The van der Waals surface area contributed by atoms with Gasteiger partial charge in [0, 0.05) is 12.0 Å². The molecule has 0 heterocycles. The molecular formula is C16H16ClFO2. The van der Waals surface area contributed by atoms with E-state index >= 15 is 0 Å². The van der Waals surface area contributed by atoms with E-state index in [1.807, 2.05) is 25.1 Å². The average molecular weight is 295 g/mol. The van der Waals surface area contributed by atoms with Gasteiger partial charge in [-0.25, -0.2) is 4.39 Å². The van der Waals surface area contributed by atoms with Crippen molar-refractivity contribution in [1.29, 1.82) is 0 Å². The van der Waals surface area contributed by atoms with Crippen LogP contribution in [-0.4, -0.2) is 12.2 Å². The second-order valence-electron chi connectivity index (χ2n) is 4.68. The van der Waals surface area contributed by atoms with Crippen LogP contribution in [0.15, 0.2) is 36.4 Å². The minimum absolute atomic E-state index is 0.0534. The molecule has 0 aliphatic heterocycles. The van der Waals surface area contributed by atoms with E-state index in [4.69, 9.17) is 16.3 Å². The van der Waals surface area contributed by atoms with Crippen molar-refractivity contribution in [3.63, 3.8) is 0 Å². The standard InChI is InChI=1S/C16H16ClFO2/c1-10-6-7-12(15(8-10)20-2)14(19)9-11-4-3-5-13(18)16(11)17/h3-8,14,19H,9H2,1-2H3. The lowest BCUT2D eigenvalue weighted by Gasteiger charge is -2.16. The smallest absolute Gasteiger partial charge is 0.142 e. The fourth-order valence-corrected chi connectivity index (χ4v) is 2.32.